The predicted octanol–water partition coefficient (Wildman–Crippen LogP) is 1.63. The van der Waals surface area contributed by atoms with Gasteiger partial charge in [0.05, 0.1) is 19.1 Å². The summed E-state index contributed by atoms with van der Waals surface area (Å²) in [6.07, 6.45) is 1.69. The van der Waals surface area contributed by atoms with Crippen molar-refractivity contribution in [1.29, 1.82) is 0 Å². The van der Waals surface area contributed by atoms with Crippen molar-refractivity contribution >= 4 is 28.9 Å². The molecular weight excluding hydrogens is 252 g/mol. The topological polar surface area (TPSA) is 73.9 Å². The molecule has 1 heterocycles. The molecule has 1 aliphatic heterocycles. The molecule has 0 saturated heterocycles. The molecule has 6 heteroatoms. The Hall–Kier alpha value is -1.95. The lowest BCUT2D eigenvalue weighted by molar-refractivity contribution is -0.113. The molecule has 0 fully saturated rings. The third-order valence-electron chi connectivity index (χ3n) is 2.36. The van der Waals surface area contributed by atoms with E-state index < -0.39 is 0 Å². The number of benzene rings is 1. The van der Waals surface area contributed by atoms with E-state index >= 15 is 0 Å². The van der Waals surface area contributed by atoms with Crippen LogP contribution >= 0.6 is 11.8 Å². The fourth-order valence-corrected chi connectivity index (χ4v) is 2.27. The van der Waals surface area contributed by atoms with Crippen molar-refractivity contribution in [3.05, 3.63) is 28.7 Å². The van der Waals surface area contributed by atoms with Gasteiger partial charge in [-0.05, 0) is 23.9 Å². The minimum atomic E-state index is -0.331. The number of nitrogens with zero attached hydrogens (tertiary/aromatic N) is 1. The van der Waals surface area contributed by atoms with Gasteiger partial charge in [0.2, 0.25) is 0 Å². The van der Waals surface area contributed by atoms with Gasteiger partial charge in [-0.1, -0.05) is 12.1 Å². The number of ether oxygens (including phenoxy) is 2. The third kappa shape index (κ3) is 2.33. The number of amidine groups is 1. The van der Waals surface area contributed by atoms with E-state index in [4.69, 9.17) is 15.2 Å². The number of nitrogens with two attached hydrogens (primary N) is 1. The van der Waals surface area contributed by atoms with Gasteiger partial charge in [0, 0.05) is 5.56 Å². The average molecular weight is 264 g/mol. The van der Waals surface area contributed by atoms with E-state index in [0.717, 1.165) is 17.3 Å². The highest BCUT2D eigenvalue weighted by atomic mass is 32.2. The molecule has 5 nitrogen and oxygen atoms in total. The van der Waals surface area contributed by atoms with Crippen LogP contribution < -0.4 is 15.2 Å². The van der Waals surface area contributed by atoms with Gasteiger partial charge in [-0.25, -0.2) is 0 Å². The van der Waals surface area contributed by atoms with Crippen LogP contribution in [0.5, 0.6) is 11.5 Å². The minimum absolute atomic E-state index is 0.258. The van der Waals surface area contributed by atoms with Gasteiger partial charge in [0.1, 0.15) is 0 Å². The Balaban J connectivity index is 2.41. The molecule has 0 bridgehead atoms. The molecule has 0 atom stereocenters. The zero-order valence-electron chi connectivity index (χ0n) is 9.97. The van der Waals surface area contributed by atoms with Gasteiger partial charge in [-0.3, -0.25) is 4.79 Å². The van der Waals surface area contributed by atoms with Crippen LogP contribution in [0.4, 0.5) is 0 Å². The van der Waals surface area contributed by atoms with Gasteiger partial charge in [-0.15, -0.1) is 0 Å². The number of methoxy groups -OCH3 is 2. The second-order valence-corrected chi connectivity index (χ2v) is 4.51. The predicted molar refractivity (Wildman–Crippen MR) is 71.7 cm³/mol. The van der Waals surface area contributed by atoms with Gasteiger partial charge in [0.15, 0.2) is 16.7 Å². The third-order valence-corrected chi connectivity index (χ3v) is 3.17. The molecule has 0 spiro atoms. The second-order valence-electron chi connectivity index (χ2n) is 3.45. The average Bonchev–Trinajstić information content (AvgIpc) is 2.67. The molecule has 18 heavy (non-hydrogen) atoms. The van der Waals surface area contributed by atoms with E-state index in [-0.39, 0.29) is 11.1 Å². The highest BCUT2D eigenvalue weighted by Gasteiger charge is 2.20. The summed E-state index contributed by atoms with van der Waals surface area (Å²) in [7, 11) is 3.11. The number of para-hydroxylation sites is 1. The second kappa shape index (κ2) is 5.14. The quantitative estimate of drug-likeness (QED) is 0.840. The van der Waals surface area contributed by atoms with E-state index in [9.17, 15) is 4.79 Å². The van der Waals surface area contributed by atoms with Crippen molar-refractivity contribution in [2.24, 2.45) is 10.7 Å². The highest BCUT2D eigenvalue weighted by molar-refractivity contribution is 8.18. The first-order chi connectivity index (χ1) is 8.65. The van der Waals surface area contributed by atoms with Crippen molar-refractivity contribution in [3.8, 4) is 11.5 Å². The molecule has 94 valence electrons. The summed E-state index contributed by atoms with van der Waals surface area (Å²) in [5, 5.41) is 0.258. The van der Waals surface area contributed by atoms with Crippen molar-refractivity contribution in [2.75, 3.05) is 14.2 Å². The zero-order chi connectivity index (χ0) is 13.1. The number of hydrogen-bond acceptors (Lipinski definition) is 5. The summed E-state index contributed by atoms with van der Waals surface area (Å²) in [6, 6.07) is 5.44. The molecule has 1 aliphatic rings. The number of thioether (sulfide) groups is 1. The van der Waals surface area contributed by atoms with Crippen LogP contribution in [0.25, 0.3) is 6.08 Å². The first-order valence-corrected chi connectivity index (χ1v) is 5.96. The van der Waals surface area contributed by atoms with E-state index in [2.05, 4.69) is 4.99 Å². The summed E-state index contributed by atoms with van der Waals surface area (Å²) in [6.45, 7) is 0. The minimum Gasteiger partial charge on any atom is -0.493 e. The first kappa shape index (κ1) is 12.5. The van der Waals surface area contributed by atoms with Crippen molar-refractivity contribution in [2.45, 2.75) is 0 Å². The van der Waals surface area contributed by atoms with E-state index in [1.54, 1.807) is 26.4 Å². The first-order valence-electron chi connectivity index (χ1n) is 5.14. The number of carbonyl (C=O) groups is 1. The molecule has 1 aromatic rings. The molecule has 0 radical (unpaired) electrons. The Morgan fingerprint density at radius 2 is 2.11 bits per heavy atom. The maximum absolute atomic E-state index is 11.5. The number of hydrogen-bond donors (Lipinski definition) is 1. The lowest BCUT2D eigenvalue weighted by Gasteiger charge is -2.10. The summed E-state index contributed by atoms with van der Waals surface area (Å²) in [4.78, 5) is 15.6. The highest BCUT2D eigenvalue weighted by Crippen LogP contribution is 2.34. The summed E-state index contributed by atoms with van der Waals surface area (Å²) >= 11 is 1.14. The van der Waals surface area contributed by atoms with Crippen LogP contribution in [0, 0.1) is 0 Å². The van der Waals surface area contributed by atoms with Crippen LogP contribution in [-0.2, 0) is 4.79 Å². The Kier molecular flexibility index (Phi) is 3.57. The van der Waals surface area contributed by atoms with E-state index in [0.29, 0.717) is 16.4 Å². The van der Waals surface area contributed by atoms with E-state index in [1.165, 1.54) is 0 Å². The monoisotopic (exact) mass is 264 g/mol. The smallest absolute Gasteiger partial charge is 0.286 e. The SMILES string of the molecule is COc1cccc(C=C2SC(N)=NC2=O)c1OC. The van der Waals surface area contributed by atoms with Gasteiger partial charge in [0.25, 0.3) is 5.91 Å². The van der Waals surface area contributed by atoms with E-state index in [1.807, 2.05) is 12.1 Å². The van der Waals surface area contributed by atoms with Gasteiger partial charge >= 0.3 is 0 Å². The Morgan fingerprint density at radius 1 is 1.33 bits per heavy atom. The Bertz CT molecular complexity index is 552. The summed E-state index contributed by atoms with van der Waals surface area (Å²) < 4.78 is 10.5. The lowest BCUT2D eigenvalue weighted by atomic mass is 10.1. The molecular formula is C12H12N2O3S. The van der Waals surface area contributed by atoms with Crippen molar-refractivity contribution < 1.29 is 14.3 Å². The van der Waals surface area contributed by atoms with Crippen LogP contribution in [0.3, 0.4) is 0 Å². The zero-order valence-corrected chi connectivity index (χ0v) is 10.8. The maximum Gasteiger partial charge on any atom is 0.286 e. The normalized spacial score (nSPS) is 16.9. The maximum atomic E-state index is 11.5. The Labute approximate surface area is 109 Å². The fourth-order valence-electron chi connectivity index (χ4n) is 1.59. The molecule has 0 aromatic heterocycles. The molecule has 1 amide bonds. The van der Waals surface area contributed by atoms with Gasteiger partial charge in [-0.2, -0.15) is 4.99 Å². The molecule has 1 aromatic carbocycles. The fraction of sp³-hybridized carbons (Fsp3) is 0.167. The Morgan fingerprint density at radius 3 is 2.67 bits per heavy atom. The van der Waals surface area contributed by atoms with Crippen LogP contribution in [-0.4, -0.2) is 25.3 Å². The van der Waals surface area contributed by atoms with Gasteiger partial charge < -0.3 is 15.2 Å². The summed E-state index contributed by atoms with van der Waals surface area (Å²) in [5.41, 5.74) is 6.24. The van der Waals surface area contributed by atoms with Crippen molar-refractivity contribution in [3.63, 3.8) is 0 Å². The van der Waals surface area contributed by atoms with Crippen LogP contribution in [0.2, 0.25) is 0 Å². The molecule has 0 saturated carbocycles. The lowest BCUT2D eigenvalue weighted by Crippen LogP contribution is -2.01. The van der Waals surface area contributed by atoms with Crippen LogP contribution in [0.1, 0.15) is 5.56 Å². The van der Waals surface area contributed by atoms with Crippen molar-refractivity contribution in [1.82, 2.24) is 0 Å². The number of rotatable bonds is 3. The largest absolute Gasteiger partial charge is 0.493 e. The van der Waals surface area contributed by atoms with Crippen LogP contribution in [0.15, 0.2) is 28.1 Å². The standard InChI is InChI=1S/C12H12N2O3S/c1-16-8-5-3-4-7(10(8)17-2)6-9-11(15)14-12(13)18-9/h3-6H,1-2H3,(H2,13,14,15). The molecule has 0 unspecified atom stereocenters. The number of aliphatic imine (C=N–C) groups is 1. The number of carbonyl (C=O) groups excluding carboxylic acids is 1. The molecule has 2 N–H and O–H groups in total. The summed E-state index contributed by atoms with van der Waals surface area (Å²) in [5.74, 6) is 0.852. The molecule has 2 rings (SSSR count). The number of amides is 1. The molecule has 0 aliphatic carbocycles.